The molecule has 140 valence electrons. The summed E-state index contributed by atoms with van der Waals surface area (Å²) in [5.74, 6) is -0.880. The molecular formula is C15H23N3O5S2. The minimum atomic E-state index is -4.10. The van der Waals surface area contributed by atoms with Gasteiger partial charge >= 0.3 is 6.03 Å². The van der Waals surface area contributed by atoms with Gasteiger partial charge in [-0.05, 0) is 31.9 Å². The molecule has 25 heavy (non-hydrogen) atoms. The predicted molar refractivity (Wildman–Crippen MR) is 99.2 cm³/mol. The molecule has 0 saturated heterocycles. The Balaban J connectivity index is 3.12. The van der Waals surface area contributed by atoms with Crippen LogP contribution in [0.5, 0.6) is 0 Å². The summed E-state index contributed by atoms with van der Waals surface area (Å²) in [6, 6.07) is 2.92. The molecule has 2 amide bonds. The molecule has 0 unspecified atom stereocenters. The molecule has 2 N–H and O–H groups in total. The third-order valence-corrected chi connectivity index (χ3v) is 7.75. The molecule has 0 saturated carbocycles. The van der Waals surface area contributed by atoms with Crippen molar-refractivity contribution in [3.8, 4) is 0 Å². The van der Waals surface area contributed by atoms with E-state index in [0.29, 0.717) is 5.69 Å². The fourth-order valence-electron chi connectivity index (χ4n) is 2.19. The Morgan fingerprint density at radius 3 is 1.80 bits per heavy atom. The number of anilines is 1. The highest BCUT2D eigenvalue weighted by Crippen LogP contribution is 2.21. The number of aryl methyl sites for hydroxylation is 3. The van der Waals surface area contributed by atoms with Crippen LogP contribution in [0.2, 0.25) is 0 Å². The van der Waals surface area contributed by atoms with Crippen molar-refractivity contribution < 1.29 is 21.6 Å². The van der Waals surface area contributed by atoms with Gasteiger partial charge in [0.1, 0.15) is 0 Å². The zero-order chi connectivity index (χ0) is 19.4. The molecule has 0 heterocycles. The zero-order valence-electron chi connectivity index (χ0n) is 14.9. The Bertz CT molecular complexity index is 844. The van der Waals surface area contributed by atoms with Gasteiger partial charge in [-0.25, -0.2) is 27.1 Å². The van der Waals surface area contributed by atoms with Crippen molar-refractivity contribution in [1.29, 1.82) is 0 Å². The number of hydrogen-bond donors (Lipinski definition) is 2. The monoisotopic (exact) mass is 389 g/mol. The second-order valence-corrected chi connectivity index (χ2v) is 10.2. The number of rotatable bonds is 4. The van der Waals surface area contributed by atoms with Crippen molar-refractivity contribution in [3.63, 3.8) is 0 Å². The first-order valence-corrected chi connectivity index (χ1v) is 10.9. The van der Waals surface area contributed by atoms with Crippen molar-refractivity contribution >= 4 is 35.8 Å². The van der Waals surface area contributed by atoms with Crippen LogP contribution in [0.15, 0.2) is 17.2 Å². The highest BCUT2D eigenvalue weighted by molar-refractivity contribution is 8.31. The molecule has 0 radical (unpaired) electrons. The highest BCUT2D eigenvalue weighted by Gasteiger charge is 2.30. The summed E-state index contributed by atoms with van der Waals surface area (Å²) in [7, 11) is -8.20. The zero-order valence-corrected chi connectivity index (χ0v) is 16.5. The largest absolute Gasteiger partial charge is 0.339 e. The molecule has 1 aromatic rings. The minimum absolute atomic E-state index is 0.440. The molecule has 0 bridgehead atoms. The van der Waals surface area contributed by atoms with E-state index in [1.807, 2.05) is 38.3 Å². The second kappa shape index (κ2) is 7.96. The van der Waals surface area contributed by atoms with Crippen LogP contribution >= 0.6 is 0 Å². The normalized spacial score (nSPS) is 11.7. The lowest BCUT2D eigenvalue weighted by Crippen LogP contribution is -2.33. The van der Waals surface area contributed by atoms with Gasteiger partial charge in [-0.2, -0.15) is 0 Å². The number of hydrazone groups is 1. The van der Waals surface area contributed by atoms with E-state index in [1.54, 1.807) is 0 Å². The summed E-state index contributed by atoms with van der Waals surface area (Å²) >= 11 is 0. The number of carbonyl (C=O) groups is 1. The van der Waals surface area contributed by atoms with E-state index in [0.717, 1.165) is 16.7 Å². The summed E-state index contributed by atoms with van der Waals surface area (Å²) in [5.41, 5.74) is 5.18. The lowest BCUT2D eigenvalue weighted by atomic mass is 10.1. The highest BCUT2D eigenvalue weighted by atomic mass is 32.3. The Hall–Kier alpha value is -1.94. The van der Waals surface area contributed by atoms with Crippen LogP contribution in [0.25, 0.3) is 0 Å². The van der Waals surface area contributed by atoms with Crippen molar-refractivity contribution in [2.75, 3.05) is 16.8 Å². The molecule has 0 fully saturated rings. The lowest BCUT2D eigenvalue weighted by molar-refractivity contribution is 0.252. The molecule has 0 spiro atoms. The number of hydrogen-bond acceptors (Lipinski definition) is 6. The third kappa shape index (κ3) is 5.27. The van der Waals surface area contributed by atoms with Crippen LogP contribution in [0.4, 0.5) is 10.5 Å². The van der Waals surface area contributed by atoms with Crippen LogP contribution in [-0.2, 0) is 19.7 Å². The molecule has 0 aliphatic rings. The Morgan fingerprint density at radius 1 is 0.960 bits per heavy atom. The third-order valence-electron chi connectivity index (χ3n) is 3.46. The van der Waals surface area contributed by atoms with Gasteiger partial charge in [0.25, 0.3) is 4.38 Å². The van der Waals surface area contributed by atoms with Gasteiger partial charge in [-0.15, -0.1) is 5.10 Å². The number of benzene rings is 1. The van der Waals surface area contributed by atoms with Crippen LogP contribution in [0, 0.1) is 20.8 Å². The summed E-state index contributed by atoms with van der Waals surface area (Å²) in [4.78, 5) is 12.0. The second-order valence-electron chi connectivity index (χ2n) is 5.52. The number of nitrogens with one attached hydrogen (secondary N) is 2. The van der Waals surface area contributed by atoms with E-state index in [4.69, 9.17) is 0 Å². The van der Waals surface area contributed by atoms with Crippen molar-refractivity contribution in [2.24, 2.45) is 5.10 Å². The standard InChI is InChI=1S/C15H23N3O5S2/c1-6-24(20,21)15(25(22,23)7-2)18-17-14(19)16-13-11(4)8-10(3)9-12(13)5/h8-9H,6-7H2,1-5H3,(H2,16,17,19). The van der Waals surface area contributed by atoms with Gasteiger partial charge in [-0.3, -0.25) is 0 Å². The van der Waals surface area contributed by atoms with Gasteiger partial charge in [0.2, 0.25) is 19.7 Å². The molecule has 0 aliphatic heterocycles. The number of amides is 2. The Kier molecular flexibility index (Phi) is 6.72. The number of nitrogens with zero attached hydrogens (tertiary/aromatic N) is 1. The summed E-state index contributed by atoms with van der Waals surface area (Å²) in [6.07, 6.45) is 0. The van der Waals surface area contributed by atoms with Gasteiger partial charge in [0.05, 0.1) is 11.5 Å². The van der Waals surface area contributed by atoms with Crippen LogP contribution in [0.3, 0.4) is 0 Å². The molecule has 1 rings (SSSR count). The van der Waals surface area contributed by atoms with Crippen LogP contribution in [-0.4, -0.2) is 38.7 Å². The summed E-state index contributed by atoms with van der Waals surface area (Å²) in [5, 5.41) is 5.91. The molecule has 8 nitrogen and oxygen atoms in total. The molecule has 0 aliphatic carbocycles. The maximum atomic E-state index is 12.0. The Morgan fingerprint density at radius 2 is 1.40 bits per heavy atom. The smallest absolute Gasteiger partial charge is 0.306 e. The minimum Gasteiger partial charge on any atom is -0.306 e. The predicted octanol–water partition coefficient (Wildman–Crippen LogP) is 1.87. The van der Waals surface area contributed by atoms with E-state index in [2.05, 4.69) is 10.4 Å². The van der Waals surface area contributed by atoms with Gasteiger partial charge in [0, 0.05) is 5.69 Å². The maximum Gasteiger partial charge on any atom is 0.339 e. The Labute approximate surface area is 148 Å². The lowest BCUT2D eigenvalue weighted by Gasteiger charge is -2.12. The topological polar surface area (TPSA) is 122 Å². The number of carbonyl (C=O) groups excluding carboxylic acids is 1. The summed E-state index contributed by atoms with van der Waals surface area (Å²) < 4.78 is 46.7. The molecule has 10 heteroatoms. The molecule has 0 aromatic heterocycles. The van der Waals surface area contributed by atoms with E-state index in [-0.39, 0.29) is 0 Å². The average molecular weight is 389 g/mol. The van der Waals surface area contributed by atoms with Crippen molar-refractivity contribution in [2.45, 2.75) is 34.6 Å². The fraction of sp³-hybridized carbons (Fsp3) is 0.467. The molecule has 0 atom stereocenters. The van der Waals surface area contributed by atoms with E-state index in [1.165, 1.54) is 13.8 Å². The first-order chi connectivity index (χ1) is 11.4. The van der Waals surface area contributed by atoms with E-state index >= 15 is 0 Å². The van der Waals surface area contributed by atoms with Crippen LogP contribution < -0.4 is 10.7 Å². The SMILES string of the molecule is CCS(=O)(=O)C(=NNC(=O)Nc1c(C)cc(C)cc1C)S(=O)(=O)CC. The summed E-state index contributed by atoms with van der Waals surface area (Å²) in [6.45, 7) is 8.15. The van der Waals surface area contributed by atoms with Gasteiger partial charge in [-0.1, -0.05) is 31.5 Å². The molecular weight excluding hydrogens is 366 g/mol. The van der Waals surface area contributed by atoms with Crippen molar-refractivity contribution in [3.05, 3.63) is 28.8 Å². The fourth-order valence-corrected chi connectivity index (χ4v) is 5.31. The van der Waals surface area contributed by atoms with Crippen LogP contribution in [0.1, 0.15) is 30.5 Å². The first kappa shape index (κ1) is 21.1. The first-order valence-electron chi connectivity index (χ1n) is 7.62. The van der Waals surface area contributed by atoms with Gasteiger partial charge < -0.3 is 5.32 Å². The van der Waals surface area contributed by atoms with E-state index < -0.39 is 41.6 Å². The van der Waals surface area contributed by atoms with E-state index in [9.17, 15) is 21.6 Å². The number of sulfone groups is 2. The molecule has 1 aromatic carbocycles. The maximum absolute atomic E-state index is 12.0. The van der Waals surface area contributed by atoms with Gasteiger partial charge in [0.15, 0.2) is 0 Å². The number of urea groups is 1. The van der Waals surface area contributed by atoms with Crippen molar-refractivity contribution in [1.82, 2.24) is 5.43 Å². The average Bonchev–Trinajstić information content (AvgIpc) is 2.50. The quantitative estimate of drug-likeness (QED) is 0.462.